The van der Waals surface area contributed by atoms with Gasteiger partial charge in [0.05, 0.1) is 23.8 Å². The van der Waals surface area contributed by atoms with Gasteiger partial charge in [0.2, 0.25) is 5.88 Å². The minimum atomic E-state index is -0.290. The number of carbonyl (C=O) groups excluding carboxylic acids is 1. The van der Waals surface area contributed by atoms with Crippen LogP contribution in [0.25, 0.3) is 11.0 Å². The SMILES string of the molecule is O=C(NCc1ccc(F)cc1)N1CCC(Oc2cnc3ccccc3n2)C1. The van der Waals surface area contributed by atoms with Crippen molar-refractivity contribution in [3.8, 4) is 5.88 Å². The van der Waals surface area contributed by atoms with E-state index >= 15 is 0 Å². The van der Waals surface area contributed by atoms with E-state index in [1.165, 1.54) is 12.1 Å². The lowest BCUT2D eigenvalue weighted by atomic mass is 10.2. The molecule has 6 nitrogen and oxygen atoms in total. The fourth-order valence-corrected chi connectivity index (χ4v) is 3.07. The van der Waals surface area contributed by atoms with E-state index in [9.17, 15) is 9.18 Å². The van der Waals surface area contributed by atoms with Crippen molar-refractivity contribution in [2.24, 2.45) is 0 Å². The normalized spacial score (nSPS) is 16.5. The van der Waals surface area contributed by atoms with Gasteiger partial charge in [-0.05, 0) is 29.8 Å². The molecule has 27 heavy (non-hydrogen) atoms. The quantitative estimate of drug-likeness (QED) is 0.770. The van der Waals surface area contributed by atoms with Crippen molar-refractivity contribution < 1.29 is 13.9 Å². The van der Waals surface area contributed by atoms with Gasteiger partial charge in [0.25, 0.3) is 0 Å². The molecule has 1 saturated heterocycles. The average molecular weight is 366 g/mol. The Morgan fingerprint density at radius 1 is 1.19 bits per heavy atom. The third kappa shape index (κ3) is 4.13. The molecule has 1 fully saturated rings. The van der Waals surface area contributed by atoms with Gasteiger partial charge in [-0.2, -0.15) is 0 Å². The molecule has 0 radical (unpaired) electrons. The number of aromatic nitrogens is 2. The van der Waals surface area contributed by atoms with Crippen LogP contribution in [0.5, 0.6) is 5.88 Å². The molecule has 1 aliphatic heterocycles. The number of benzene rings is 2. The van der Waals surface area contributed by atoms with Crippen molar-refractivity contribution in [2.75, 3.05) is 13.1 Å². The fraction of sp³-hybridized carbons (Fsp3) is 0.250. The highest BCUT2D eigenvalue weighted by molar-refractivity contribution is 5.75. The van der Waals surface area contributed by atoms with Crippen LogP contribution in [-0.4, -0.2) is 40.1 Å². The van der Waals surface area contributed by atoms with E-state index in [1.807, 2.05) is 24.3 Å². The van der Waals surface area contributed by atoms with Crippen LogP contribution >= 0.6 is 0 Å². The summed E-state index contributed by atoms with van der Waals surface area (Å²) in [5.74, 6) is 0.175. The second kappa shape index (κ2) is 7.57. The van der Waals surface area contributed by atoms with Crippen LogP contribution in [-0.2, 0) is 6.54 Å². The zero-order valence-corrected chi connectivity index (χ0v) is 14.6. The Morgan fingerprint density at radius 3 is 2.78 bits per heavy atom. The number of rotatable bonds is 4. The molecule has 0 aliphatic carbocycles. The molecule has 2 heterocycles. The average Bonchev–Trinajstić information content (AvgIpc) is 3.16. The number of nitrogens with zero attached hydrogens (tertiary/aromatic N) is 3. The van der Waals surface area contributed by atoms with Gasteiger partial charge >= 0.3 is 6.03 Å². The molecule has 7 heteroatoms. The molecular weight excluding hydrogens is 347 g/mol. The second-order valence-electron chi connectivity index (χ2n) is 6.46. The third-order valence-electron chi connectivity index (χ3n) is 4.50. The number of hydrogen-bond donors (Lipinski definition) is 1. The topological polar surface area (TPSA) is 67.4 Å². The first-order chi connectivity index (χ1) is 13.2. The van der Waals surface area contributed by atoms with Crippen molar-refractivity contribution in [3.05, 3.63) is 66.1 Å². The van der Waals surface area contributed by atoms with Gasteiger partial charge in [-0.1, -0.05) is 24.3 Å². The molecule has 1 aliphatic rings. The molecule has 2 aromatic carbocycles. The summed E-state index contributed by atoms with van der Waals surface area (Å²) >= 11 is 0. The van der Waals surface area contributed by atoms with Crippen LogP contribution in [0.3, 0.4) is 0 Å². The summed E-state index contributed by atoms with van der Waals surface area (Å²) in [5, 5.41) is 2.85. The largest absolute Gasteiger partial charge is 0.471 e. The van der Waals surface area contributed by atoms with E-state index in [4.69, 9.17) is 4.74 Å². The van der Waals surface area contributed by atoms with Crippen LogP contribution in [0.1, 0.15) is 12.0 Å². The number of likely N-dealkylation sites (tertiary alicyclic amines) is 1. The molecule has 0 spiro atoms. The first-order valence-corrected chi connectivity index (χ1v) is 8.83. The van der Waals surface area contributed by atoms with E-state index in [-0.39, 0.29) is 18.0 Å². The number of halogens is 1. The van der Waals surface area contributed by atoms with Crippen LogP contribution < -0.4 is 10.1 Å². The number of fused-ring (bicyclic) bond motifs is 1. The molecule has 1 aromatic heterocycles. The number of urea groups is 1. The highest BCUT2D eigenvalue weighted by atomic mass is 19.1. The van der Waals surface area contributed by atoms with Gasteiger partial charge in [0, 0.05) is 19.5 Å². The summed E-state index contributed by atoms with van der Waals surface area (Å²) < 4.78 is 18.8. The highest BCUT2D eigenvalue weighted by Gasteiger charge is 2.27. The number of ether oxygens (including phenoxy) is 1. The number of para-hydroxylation sites is 2. The van der Waals surface area contributed by atoms with Crippen LogP contribution in [0, 0.1) is 5.82 Å². The zero-order chi connectivity index (χ0) is 18.6. The van der Waals surface area contributed by atoms with Gasteiger partial charge in [0.1, 0.15) is 11.9 Å². The summed E-state index contributed by atoms with van der Waals surface area (Å²) in [7, 11) is 0. The van der Waals surface area contributed by atoms with Gasteiger partial charge in [-0.25, -0.2) is 19.2 Å². The van der Waals surface area contributed by atoms with Gasteiger partial charge in [-0.15, -0.1) is 0 Å². The van der Waals surface area contributed by atoms with E-state index in [0.29, 0.717) is 25.5 Å². The summed E-state index contributed by atoms with van der Waals surface area (Å²) in [6.07, 6.45) is 2.23. The standard InChI is InChI=1S/C20H19FN4O2/c21-15-7-5-14(6-8-15)11-23-20(26)25-10-9-16(13-25)27-19-12-22-17-3-1-2-4-18(17)24-19/h1-8,12,16H,9-11,13H2,(H,23,26). The minimum Gasteiger partial charge on any atom is -0.471 e. The van der Waals surface area contributed by atoms with Crippen molar-refractivity contribution in [2.45, 2.75) is 19.1 Å². The molecule has 0 saturated carbocycles. The molecule has 3 aromatic rings. The zero-order valence-electron chi connectivity index (χ0n) is 14.6. The number of hydrogen-bond acceptors (Lipinski definition) is 4. The lowest BCUT2D eigenvalue weighted by molar-refractivity contribution is 0.183. The van der Waals surface area contributed by atoms with Gasteiger partial charge in [0.15, 0.2) is 0 Å². The Hall–Kier alpha value is -3.22. The molecule has 138 valence electrons. The van der Waals surface area contributed by atoms with Crippen LogP contribution in [0.15, 0.2) is 54.7 Å². The lowest BCUT2D eigenvalue weighted by Gasteiger charge is -2.17. The Balaban J connectivity index is 1.31. The van der Waals surface area contributed by atoms with E-state index in [1.54, 1.807) is 23.2 Å². The van der Waals surface area contributed by atoms with Gasteiger partial charge < -0.3 is 15.0 Å². The summed E-state index contributed by atoms with van der Waals surface area (Å²) in [4.78, 5) is 22.8. The Labute approximate surface area is 156 Å². The van der Waals surface area contributed by atoms with Crippen molar-refractivity contribution in [1.82, 2.24) is 20.2 Å². The fourth-order valence-electron chi connectivity index (χ4n) is 3.07. The maximum atomic E-state index is 12.9. The molecular formula is C20H19FN4O2. The van der Waals surface area contributed by atoms with Crippen LogP contribution in [0.2, 0.25) is 0 Å². The monoisotopic (exact) mass is 366 g/mol. The highest BCUT2D eigenvalue weighted by Crippen LogP contribution is 2.18. The van der Waals surface area contributed by atoms with Crippen molar-refractivity contribution >= 4 is 17.1 Å². The van der Waals surface area contributed by atoms with Gasteiger partial charge in [-0.3, -0.25) is 0 Å². The lowest BCUT2D eigenvalue weighted by Crippen LogP contribution is -2.39. The van der Waals surface area contributed by atoms with Crippen molar-refractivity contribution in [3.63, 3.8) is 0 Å². The van der Waals surface area contributed by atoms with E-state index < -0.39 is 0 Å². The maximum Gasteiger partial charge on any atom is 0.317 e. The molecule has 2 amide bonds. The van der Waals surface area contributed by atoms with Crippen LogP contribution in [0.4, 0.5) is 9.18 Å². The summed E-state index contributed by atoms with van der Waals surface area (Å²) in [6, 6.07) is 13.5. The predicted octanol–water partition coefficient (Wildman–Crippen LogP) is 3.13. The van der Waals surface area contributed by atoms with E-state index in [2.05, 4.69) is 15.3 Å². The molecule has 1 N–H and O–H groups in total. The first-order valence-electron chi connectivity index (χ1n) is 8.83. The summed E-state index contributed by atoms with van der Waals surface area (Å²) in [6.45, 7) is 1.46. The van der Waals surface area contributed by atoms with Crippen molar-refractivity contribution in [1.29, 1.82) is 0 Å². The Bertz CT molecular complexity index is 948. The second-order valence-corrected chi connectivity index (χ2v) is 6.46. The molecule has 4 rings (SSSR count). The Morgan fingerprint density at radius 2 is 1.96 bits per heavy atom. The Kier molecular flexibility index (Phi) is 4.82. The number of carbonyl (C=O) groups is 1. The molecule has 0 bridgehead atoms. The minimum absolute atomic E-state index is 0.114. The predicted molar refractivity (Wildman–Crippen MR) is 98.8 cm³/mol. The maximum absolute atomic E-state index is 12.9. The molecule has 1 unspecified atom stereocenters. The van der Waals surface area contributed by atoms with E-state index in [0.717, 1.165) is 23.0 Å². The summed E-state index contributed by atoms with van der Waals surface area (Å²) in [5.41, 5.74) is 2.45. The smallest absolute Gasteiger partial charge is 0.317 e. The third-order valence-corrected chi connectivity index (χ3v) is 4.50. The number of nitrogens with one attached hydrogen (secondary N) is 1. The first kappa shape index (κ1) is 17.2. The number of amides is 2. The molecule has 1 atom stereocenters.